The van der Waals surface area contributed by atoms with Gasteiger partial charge in [-0.3, -0.25) is 14.6 Å². The molecule has 0 radical (unpaired) electrons. The molecule has 0 aromatic carbocycles. The number of hydrogen-bond acceptors (Lipinski definition) is 3. The first-order valence-electron chi connectivity index (χ1n) is 8.03. The second-order valence-electron chi connectivity index (χ2n) is 5.96. The molecular formula is C17H25N3O2. The normalized spacial score (nSPS) is 17.8. The Morgan fingerprint density at radius 3 is 2.82 bits per heavy atom. The van der Waals surface area contributed by atoms with Crippen LogP contribution in [0.4, 0.5) is 0 Å². The van der Waals surface area contributed by atoms with Crippen molar-refractivity contribution in [1.82, 2.24) is 14.8 Å². The Morgan fingerprint density at radius 2 is 2.14 bits per heavy atom. The van der Waals surface area contributed by atoms with Crippen LogP contribution in [0.15, 0.2) is 24.5 Å². The number of rotatable bonds is 7. The lowest BCUT2D eigenvalue weighted by atomic mass is 10.1. The first kappa shape index (κ1) is 16.5. The number of nitrogens with zero attached hydrogens (tertiary/aromatic N) is 3. The molecule has 1 aliphatic rings. The van der Waals surface area contributed by atoms with Crippen molar-refractivity contribution >= 4 is 11.8 Å². The van der Waals surface area contributed by atoms with Gasteiger partial charge in [0.15, 0.2) is 0 Å². The number of pyridine rings is 1. The summed E-state index contributed by atoms with van der Waals surface area (Å²) in [5.41, 5.74) is 1.17. The maximum Gasteiger partial charge on any atom is 0.227 e. The lowest BCUT2D eigenvalue weighted by molar-refractivity contribution is -0.134. The minimum Gasteiger partial charge on any atom is -0.345 e. The topological polar surface area (TPSA) is 53.5 Å². The molecule has 5 heteroatoms. The minimum absolute atomic E-state index is 0.0846. The molecule has 2 amide bonds. The van der Waals surface area contributed by atoms with Crippen LogP contribution in [-0.4, -0.2) is 53.3 Å². The van der Waals surface area contributed by atoms with Gasteiger partial charge in [-0.15, -0.1) is 0 Å². The smallest absolute Gasteiger partial charge is 0.227 e. The fourth-order valence-corrected chi connectivity index (χ4v) is 2.77. The third-order valence-corrected chi connectivity index (χ3v) is 4.21. The zero-order chi connectivity index (χ0) is 15.9. The quantitative estimate of drug-likeness (QED) is 0.771. The van der Waals surface area contributed by atoms with Gasteiger partial charge in [0.25, 0.3) is 0 Å². The van der Waals surface area contributed by atoms with E-state index in [1.54, 1.807) is 17.3 Å². The molecule has 0 bridgehead atoms. The SMILES string of the molecule is CCCCN1CC(C(=O)N(C)CCc2ccncc2)CC1=O. The van der Waals surface area contributed by atoms with Crippen molar-refractivity contribution in [3.8, 4) is 0 Å². The van der Waals surface area contributed by atoms with E-state index in [2.05, 4.69) is 11.9 Å². The van der Waals surface area contributed by atoms with Crippen LogP contribution >= 0.6 is 0 Å². The van der Waals surface area contributed by atoms with Gasteiger partial charge < -0.3 is 9.80 Å². The van der Waals surface area contributed by atoms with Crippen molar-refractivity contribution in [3.05, 3.63) is 30.1 Å². The Hall–Kier alpha value is -1.91. The molecule has 1 aromatic heterocycles. The molecule has 1 aromatic rings. The number of amides is 2. The van der Waals surface area contributed by atoms with Gasteiger partial charge in [-0.25, -0.2) is 0 Å². The van der Waals surface area contributed by atoms with Crippen molar-refractivity contribution in [2.45, 2.75) is 32.6 Å². The predicted octanol–water partition coefficient (Wildman–Crippen LogP) is 1.73. The van der Waals surface area contributed by atoms with Crippen LogP contribution in [0.1, 0.15) is 31.7 Å². The van der Waals surface area contributed by atoms with Crippen LogP contribution < -0.4 is 0 Å². The average Bonchev–Trinajstić information content (AvgIpc) is 2.91. The van der Waals surface area contributed by atoms with Crippen molar-refractivity contribution in [2.75, 3.05) is 26.7 Å². The summed E-state index contributed by atoms with van der Waals surface area (Å²) in [4.78, 5) is 32.0. The molecule has 1 atom stereocenters. The highest BCUT2D eigenvalue weighted by Crippen LogP contribution is 2.20. The monoisotopic (exact) mass is 303 g/mol. The van der Waals surface area contributed by atoms with Gasteiger partial charge >= 0.3 is 0 Å². The maximum absolute atomic E-state index is 12.5. The fourth-order valence-electron chi connectivity index (χ4n) is 2.77. The maximum atomic E-state index is 12.5. The Bertz CT molecular complexity index is 504. The molecule has 0 spiro atoms. The summed E-state index contributed by atoms with van der Waals surface area (Å²) in [5, 5.41) is 0. The lowest BCUT2D eigenvalue weighted by Crippen LogP contribution is -2.36. The summed E-state index contributed by atoms with van der Waals surface area (Å²) in [5.74, 6) is 0.0301. The Kier molecular flexibility index (Phi) is 5.92. The summed E-state index contributed by atoms with van der Waals surface area (Å²) in [7, 11) is 1.82. The van der Waals surface area contributed by atoms with Crippen LogP contribution in [0.3, 0.4) is 0 Å². The number of carbonyl (C=O) groups is 2. The zero-order valence-electron chi connectivity index (χ0n) is 13.5. The first-order chi connectivity index (χ1) is 10.6. The number of likely N-dealkylation sites (tertiary alicyclic amines) is 1. The molecule has 1 unspecified atom stereocenters. The standard InChI is InChI=1S/C17H25N3O2/c1-3-4-10-20-13-15(12-16(20)21)17(22)19(2)11-7-14-5-8-18-9-6-14/h5-6,8-9,15H,3-4,7,10-13H2,1-2H3. The lowest BCUT2D eigenvalue weighted by Gasteiger charge is -2.21. The van der Waals surface area contributed by atoms with E-state index in [-0.39, 0.29) is 17.7 Å². The zero-order valence-corrected chi connectivity index (χ0v) is 13.5. The molecule has 22 heavy (non-hydrogen) atoms. The fraction of sp³-hybridized carbons (Fsp3) is 0.588. The van der Waals surface area contributed by atoms with E-state index >= 15 is 0 Å². The van der Waals surface area contributed by atoms with Crippen LogP contribution in [0.5, 0.6) is 0 Å². The molecule has 5 nitrogen and oxygen atoms in total. The van der Waals surface area contributed by atoms with Crippen LogP contribution in [0.25, 0.3) is 0 Å². The largest absolute Gasteiger partial charge is 0.345 e. The van der Waals surface area contributed by atoms with E-state index in [0.717, 1.165) is 25.8 Å². The number of likely N-dealkylation sites (N-methyl/N-ethyl adjacent to an activating group) is 1. The summed E-state index contributed by atoms with van der Waals surface area (Å²) < 4.78 is 0. The summed E-state index contributed by atoms with van der Waals surface area (Å²) in [6.45, 7) is 4.13. The Labute approximate surface area is 132 Å². The highest BCUT2D eigenvalue weighted by atomic mass is 16.2. The Morgan fingerprint density at radius 1 is 1.41 bits per heavy atom. The average molecular weight is 303 g/mol. The van der Waals surface area contributed by atoms with Crippen LogP contribution in [0.2, 0.25) is 0 Å². The van der Waals surface area contributed by atoms with Crippen molar-refractivity contribution < 1.29 is 9.59 Å². The van der Waals surface area contributed by atoms with E-state index in [0.29, 0.717) is 19.5 Å². The number of hydrogen-bond donors (Lipinski definition) is 0. The van der Waals surface area contributed by atoms with E-state index in [1.807, 2.05) is 24.1 Å². The van der Waals surface area contributed by atoms with Gasteiger partial charge in [0.1, 0.15) is 0 Å². The summed E-state index contributed by atoms with van der Waals surface area (Å²) >= 11 is 0. The van der Waals surface area contributed by atoms with E-state index in [9.17, 15) is 9.59 Å². The number of carbonyl (C=O) groups excluding carboxylic acids is 2. The van der Waals surface area contributed by atoms with Gasteiger partial charge in [0, 0.05) is 45.5 Å². The second-order valence-corrected chi connectivity index (χ2v) is 5.96. The highest BCUT2D eigenvalue weighted by molar-refractivity contribution is 5.89. The third-order valence-electron chi connectivity index (χ3n) is 4.21. The van der Waals surface area contributed by atoms with E-state index < -0.39 is 0 Å². The van der Waals surface area contributed by atoms with Gasteiger partial charge in [-0.05, 0) is 30.5 Å². The molecule has 2 heterocycles. The number of unbranched alkanes of at least 4 members (excludes halogenated alkanes) is 1. The first-order valence-corrected chi connectivity index (χ1v) is 8.03. The van der Waals surface area contributed by atoms with Crippen molar-refractivity contribution in [2.24, 2.45) is 5.92 Å². The molecule has 1 saturated heterocycles. The second kappa shape index (κ2) is 7.92. The molecule has 2 rings (SSSR count). The minimum atomic E-state index is -0.174. The third kappa shape index (κ3) is 4.29. The van der Waals surface area contributed by atoms with Gasteiger partial charge in [0.05, 0.1) is 5.92 Å². The molecule has 0 N–H and O–H groups in total. The van der Waals surface area contributed by atoms with E-state index in [4.69, 9.17) is 0 Å². The molecular weight excluding hydrogens is 278 g/mol. The molecule has 1 fully saturated rings. The van der Waals surface area contributed by atoms with Gasteiger partial charge in [-0.2, -0.15) is 0 Å². The predicted molar refractivity (Wildman–Crippen MR) is 85.2 cm³/mol. The van der Waals surface area contributed by atoms with Gasteiger partial charge in [-0.1, -0.05) is 13.3 Å². The molecule has 0 aliphatic carbocycles. The summed E-state index contributed by atoms with van der Waals surface area (Å²) in [6, 6.07) is 3.92. The van der Waals surface area contributed by atoms with Gasteiger partial charge in [0.2, 0.25) is 11.8 Å². The Balaban J connectivity index is 1.82. The summed E-state index contributed by atoms with van der Waals surface area (Å²) in [6.07, 6.45) is 6.77. The molecule has 1 aliphatic heterocycles. The van der Waals surface area contributed by atoms with Crippen molar-refractivity contribution in [3.63, 3.8) is 0 Å². The van der Waals surface area contributed by atoms with Crippen molar-refractivity contribution in [1.29, 1.82) is 0 Å². The molecule has 120 valence electrons. The molecule has 0 saturated carbocycles. The van der Waals surface area contributed by atoms with E-state index in [1.165, 1.54) is 5.56 Å². The van der Waals surface area contributed by atoms with Crippen LogP contribution in [0, 0.1) is 5.92 Å². The number of aromatic nitrogens is 1. The van der Waals surface area contributed by atoms with Crippen LogP contribution in [-0.2, 0) is 16.0 Å². The highest BCUT2D eigenvalue weighted by Gasteiger charge is 2.35.